The van der Waals surface area contributed by atoms with Crippen molar-refractivity contribution < 1.29 is 34.4 Å². The topological polar surface area (TPSA) is 320 Å². The number of fused-ring (bicyclic) bond motifs is 2. The van der Waals surface area contributed by atoms with E-state index in [1.165, 1.54) is 21.8 Å². The van der Waals surface area contributed by atoms with E-state index in [1.54, 1.807) is 52.2 Å². The fraction of sp³-hybridized carbons (Fsp3) is 0.350. The summed E-state index contributed by atoms with van der Waals surface area (Å²) < 4.78 is 8.05. The van der Waals surface area contributed by atoms with Crippen molar-refractivity contribution in [3.63, 3.8) is 0 Å². The molecule has 0 atom stereocenters. The number of nitrogen functional groups attached to an aromatic ring is 1. The lowest BCUT2D eigenvalue weighted by Gasteiger charge is -2.21. The molecule has 20 heteroatoms. The number of ether oxygens (including phenoxy) is 1. The summed E-state index contributed by atoms with van der Waals surface area (Å²) in [5, 5.41) is 62.4. The number of aromatic carboxylic acids is 1. The standard InChI is InChI=1S/C28H30N6O2.C19H18N4O3.C13H21N3O2/c1-16-8-20-10-19(11-23(28(4,5)36)27(20)31-13-16)15-34-24(12-29)22(14-32-34)25(35)7-6-21-17(2)9-26(30)33-18(21)3;1-11-4-13-5-12(6-15(19(2,3)26)17(13)21-8-11)10-23-16(7-20)14(9-22-23)18(24)25;1-8-6-11(15-9(2)10(8)7-14)16-12(17)18-13(3,4)5/h8-11,13-14,36H,6-7,15H2,1-5H3,(H2,30,33);4-6,8-9,26H,10H2,1-3H3,(H,24,25);6H,7,14H2,1-5H3,(H,15,16,17). The number of carbonyl (C=O) groups excluding carboxylic acids is 2. The maximum absolute atomic E-state index is 13.1. The van der Waals surface area contributed by atoms with E-state index in [0.717, 1.165) is 72.2 Å². The van der Waals surface area contributed by atoms with E-state index < -0.39 is 28.9 Å². The highest BCUT2D eigenvalue weighted by Gasteiger charge is 2.25. The number of aliphatic hydroxyl groups is 2. The molecule has 8 N–H and O–H groups in total. The van der Waals surface area contributed by atoms with Gasteiger partial charge in [-0.25, -0.2) is 28.9 Å². The first-order valence-electron chi connectivity index (χ1n) is 25.7. The molecule has 0 fully saturated rings. The number of amides is 1. The number of nitrogens with one attached hydrogen (secondary N) is 1. The van der Waals surface area contributed by atoms with E-state index >= 15 is 0 Å². The average Bonchev–Trinajstić information content (AvgIpc) is 4.07. The summed E-state index contributed by atoms with van der Waals surface area (Å²) in [6.07, 6.45) is 6.39. The van der Waals surface area contributed by atoms with Gasteiger partial charge in [-0.1, -0.05) is 0 Å². The van der Waals surface area contributed by atoms with Gasteiger partial charge in [0.25, 0.3) is 0 Å². The van der Waals surface area contributed by atoms with Crippen LogP contribution in [-0.2, 0) is 42.0 Å². The number of anilines is 2. The number of hydrogen-bond acceptors (Lipinski definition) is 16. The van der Waals surface area contributed by atoms with Gasteiger partial charge in [0, 0.05) is 58.6 Å². The molecule has 0 bridgehead atoms. The number of ketones is 1. The molecule has 0 aliphatic rings. The summed E-state index contributed by atoms with van der Waals surface area (Å²) in [5.74, 6) is -0.399. The Bertz CT molecular complexity index is 3700. The monoisotopic (exact) mass is 1080 g/mol. The molecule has 6 heterocycles. The summed E-state index contributed by atoms with van der Waals surface area (Å²) in [5.41, 5.74) is 21.1. The minimum atomic E-state index is -1.19. The molecule has 0 radical (unpaired) electrons. The molecule has 6 aromatic heterocycles. The normalized spacial score (nSPS) is 11.5. The average molecular weight is 1080 g/mol. The van der Waals surface area contributed by atoms with Gasteiger partial charge < -0.3 is 31.5 Å². The zero-order valence-corrected chi connectivity index (χ0v) is 47.6. The first kappa shape index (κ1) is 60.3. The summed E-state index contributed by atoms with van der Waals surface area (Å²) in [7, 11) is 0. The van der Waals surface area contributed by atoms with Crippen molar-refractivity contribution in [2.75, 3.05) is 11.1 Å². The zero-order valence-electron chi connectivity index (χ0n) is 47.6. The van der Waals surface area contributed by atoms with Gasteiger partial charge in [0.2, 0.25) is 0 Å². The van der Waals surface area contributed by atoms with Crippen molar-refractivity contribution in [1.82, 2.24) is 39.5 Å². The van der Waals surface area contributed by atoms with Crippen LogP contribution in [0, 0.1) is 64.2 Å². The Morgan fingerprint density at radius 3 is 1.57 bits per heavy atom. The number of rotatable bonds is 13. The first-order chi connectivity index (χ1) is 37.4. The Balaban J connectivity index is 0.000000206. The number of nitriles is 2. The third-order valence-corrected chi connectivity index (χ3v) is 12.9. The zero-order chi connectivity index (χ0) is 59.2. The van der Waals surface area contributed by atoms with Gasteiger partial charge in [0.1, 0.15) is 40.6 Å². The number of aromatic nitrogens is 8. The number of nitrogens with two attached hydrogens (primary N) is 2. The number of pyridine rings is 4. The van der Waals surface area contributed by atoms with Crippen molar-refractivity contribution in [1.29, 1.82) is 10.5 Å². The predicted molar refractivity (Wildman–Crippen MR) is 305 cm³/mol. The van der Waals surface area contributed by atoms with Crippen molar-refractivity contribution in [3.8, 4) is 12.1 Å². The number of carbonyl (C=O) groups is 3. The van der Waals surface area contributed by atoms with E-state index in [9.17, 15) is 35.1 Å². The van der Waals surface area contributed by atoms with Crippen molar-refractivity contribution >= 4 is 51.3 Å². The lowest BCUT2D eigenvalue weighted by Crippen LogP contribution is -2.27. The molecule has 0 unspecified atom stereocenters. The number of aryl methyl sites for hydroxylation is 6. The van der Waals surface area contributed by atoms with Gasteiger partial charge in [-0.3, -0.25) is 20.1 Å². The van der Waals surface area contributed by atoms with Crippen LogP contribution in [0.5, 0.6) is 0 Å². The van der Waals surface area contributed by atoms with Crippen LogP contribution in [0.3, 0.4) is 0 Å². The summed E-state index contributed by atoms with van der Waals surface area (Å²) in [4.78, 5) is 53.4. The van der Waals surface area contributed by atoms with Crippen molar-refractivity contribution in [3.05, 3.63) is 163 Å². The summed E-state index contributed by atoms with van der Waals surface area (Å²) >= 11 is 0. The maximum atomic E-state index is 13.1. The Morgan fingerprint density at radius 2 is 1.14 bits per heavy atom. The van der Waals surface area contributed by atoms with Crippen LogP contribution >= 0.6 is 0 Å². The summed E-state index contributed by atoms with van der Waals surface area (Å²) in [6, 6.07) is 19.2. The smallest absolute Gasteiger partial charge is 0.413 e. The van der Waals surface area contributed by atoms with Gasteiger partial charge in [0.05, 0.1) is 53.3 Å². The van der Waals surface area contributed by atoms with E-state index in [0.29, 0.717) is 46.8 Å². The molecule has 0 saturated carbocycles. The number of Topliss-reactive ketones (excluding diaryl/α,β-unsaturated/α-hetero) is 1. The maximum Gasteiger partial charge on any atom is 0.413 e. The van der Waals surface area contributed by atoms with Crippen LogP contribution in [0.2, 0.25) is 0 Å². The summed E-state index contributed by atoms with van der Waals surface area (Å²) in [6.45, 7) is 24.7. The van der Waals surface area contributed by atoms with Crippen LogP contribution in [0.25, 0.3) is 21.8 Å². The van der Waals surface area contributed by atoms with E-state index in [4.69, 9.17) is 21.3 Å². The highest BCUT2D eigenvalue weighted by molar-refractivity contribution is 5.98. The molecule has 416 valence electrons. The fourth-order valence-electron chi connectivity index (χ4n) is 9.19. The highest BCUT2D eigenvalue weighted by atomic mass is 16.6. The molecule has 2 aromatic carbocycles. The third kappa shape index (κ3) is 14.8. The van der Waals surface area contributed by atoms with E-state index in [1.807, 2.05) is 105 Å². The largest absolute Gasteiger partial charge is 0.478 e. The van der Waals surface area contributed by atoms with E-state index in [-0.39, 0.29) is 42.2 Å². The van der Waals surface area contributed by atoms with Gasteiger partial charge >= 0.3 is 12.1 Å². The van der Waals surface area contributed by atoms with Crippen LogP contribution in [0.15, 0.2) is 73.3 Å². The lowest BCUT2D eigenvalue weighted by atomic mass is 9.93. The minimum Gasteiger partial charge on any atom is -0.478 e. The number of carboxylic acid groups (broad SMARTS) is 1. The Morgan fingerprint density at radius 1 is 0.662 bits per heavy atom. The number of benzene rings is 2. The second-order valence-electron chi connectivity index (χ2n) is 21.8. The second kappa shape index (κ2) is 24.4. The molecular weight excluding hydrogens is 1010 g/mol. The molecule has 8 aromatic rings. The van der Waals surface area contributed by atoms with Crippen molar-refractivity contribution in [2.24, 2.45) is 5.73 Å². The molecule has 0 aliphatic carbocycles. The highest BCUT2D eigenvalue weighted by Crippen LogP contribution is 2.32. The molecule has 0 aliphatic heterocycles. The van der Waals surface area contributed by atoms with Crippen LogP contribution in [0.1, 0.15) is 154 Å². The Kier molecular flexibility index (Phi) is 18.4. The minimum absolute atomic E-state index is 0.00947. The SMILES string of the molecule is Cc1cc(NC(=O)OC(C)(C)C)nc(C)c1CN.Cc1cnc2c(C(C)(C)O)cc(Cn3ncc(C(=O)CCc4c(C)cc(N)nc4C)c3C#N)cc2c1.Cc1cnc2c(C(C)(C)O)cc(Cn3ncc(C(=O)O)c3C#N)cc2c1. The number of hydrogen-bond donors (Lipinski definition) is 6. The molecule has 1 amide bonds. The molecule has 0 saturated heterocycles. The first-order valence-corrected chi connectivity index (χ1v) is 25.7. The van der Waals surface area contributed by atoms with Gasteiger partial charge in [-0.15, -0.1) is 0 Å². The second-order valence-corrected chi connectivity index (χ2v) is 21.8. The van der Waals surface area contributed by atoms with Crippen molar-refractivity contribution in [2.45, 2.75) is 139 Å². The fourth-order valence-corrected chi connectivity index (χ4v) is 9.19. The number of nitrogens with zero attached hydrogens (tertiary/aromatic N) is 10. The van der Waals surface area contributed by atoms with Gasteiger partial charge in [-0.05, 0) is 189 Å². The molecule has 20 nitrogen and oxygen atoms in total. The van der Waals surface area contributed by atoms with Crippen LogP contribution in [0.4, 0.5) is 16.4 Å². The molecule has 8 rings (SSSR count). The third-order valence-electron chi connectivity index (χ3n) is 12.9. The number of carboxylic acids is 1. The lowest BCUT2D eigenvalue weighted by molar-refractivity contribution is 0.0632. The van der Waals surface area contributed by atoms with Crippen LogP contribution < -0.4 is 16.8 Å². The molecule has 80 heavy (non-hydrogen) atoms. The Labute approximate surface area is 465 Å². The van der Waals surface area contributed by atoms with Gasteiger partial charge in [0.15, 0.2) is 11.5 Å². The van der Waals surface area contributed by atoms with Gasteiger partial charge in [-0.2, -0.15) is 20.7 Å². The van der Waals surface area contributed by atoms with E-state index in [2.05, 4.69) is 41.5 Å². The predicted octanol–water partition coefficient (Wildman–Crippen LogP) is 9.39. The Hall–Kier alpha value is -8.95. The van der Waals surface area contributed by atoms with Crippen LogP contribution in [-0.4, -0.2) is 78.3 Å². The molecular formula is C60H69N13O7. The quantitative estimate of drug-likeness (QED) is 0.0585. The molecule has 0 spiro atoms.